The molecule has 1 aliphatic rings. The number of hydrogen-bond donors (Lipinski definition) is 0. The molecule has 4 rings (SSSR count). The molecule has 3 nitrogen and oxygen atoms in total. The maximum Gasteiger partial charge on any atom is 0.228 e. The minimum atomic E-state index is -0.442. The summed E-state index contributed by atoms with van der Waals surface area (Å²) >= 11 is 0. The molecular weight excluding hydrogens is 298 g/mol. The zero-order valence-corrected chi connectivity index (χ0v) is 13.8. The molecule has 0 radical (unpaired) electrons. The minimum absolute atomic E-state index is 0.442. The molecular formula is C21H19NO2. The van der Waals surface area contributed by atoms with Gasteiger partial charge in [-0.1, -0.05) is 55.5 Å². The van der Waals surface area contributed by atoms with Crippen LogP contribution in [0.5, 0.6) is 0 Å². The van der Waals surface area contributed by atoms with E-state index in [-0.39, 0.29) is 0 Å². The molecule has 2 heterocycles. The number of aryl methyl sites for hydroxylation is 1. The van der Waals surface area contributed by atoms with Crippen molar-refractivity contribution in [2.24, 2.45) is 0 Å². The Bertz CT molecular complexity index is 916. The maximum absolute atomic E-state index is 6.05. The molecule has 0 N–H and O–H groups in total. The Kier molecular flexibility index (Phi) is 3.79. The van der Waals surface area contributed by atoms with E-state index in [1.165, 1.54) is 5.56 Å². The van der Waals surface area contributed by atoms with Crippen molar-refractivity contribution in [2.45, 2.75) is 19.6 Å². The van der Waals surface area contributed by atoms with Crippen molar-refractivity contribution in [3.05, 3.63) is 77.0 Å². The summed E-state index contributed by atoms with van der Waals surface area (Å²) in [5.41, 5.74) is 5.22. The lowest BCUT2D eigenvalue weighted by atomic mass is 10.0. The fourth-order valence-electron chi connectivity index (χ4n) is 3.15. The highest BCUT2D eigenvalue weighted by Gasteiger charge is 2.25. The Balaban J connectivity index is 1.92. The lowest BCUT2D eigenvalue weighted by Crippen LogP contribution is -2.13. The highest BCUT2D eigenvalue weighted by atomic mass is 16.7. The van der Waals surface area contributed by atoms with E-state index < -0.39 is 6.29 Å². The number of nitrogens with zero attached hydrogens (tertiary/aromatic N) is 1. The van der Waals surface area contributed by atoms with E-state index in [1.807, 2.05) is 36.4 Å². The fraction of sp³-hybridized carbons (Fsp3) is 0.190. The third-order valence-corrected chi connectivity index (χ3v) is 4.40. The topological polar surface area (TPSA) is 31.4 Å². The van der Waals surface area contributed by atoms with Gasteiger partial charge in [0.2, 0.25) is 6.29 Å². The van der Waals surface area contributed by atoms with Crippen molar-refractivity contribution in [1.82, 2.24) is 4.98 Å². The van der Waals surface area contributed by atoms with E-state index in [9.17, 15) is 0 Å². The fourth-order valence-corrected chi connectivity index (χ4v) is 3.15. The average molecular weight is 317 g/mol. The number of methoxy groups -OCH3 is 1. The number of fused-ring (bicyclic) bond motifs is 2. The molecule has 1 aliphatic heterocycles. The van der Waals surface area contributed by atoms with Gasteiger partial charge in [0, 0.05) is 29.7 Å². The van der Waals surface area contributed by atoms with Crippen LogP contribution in [0.4, 0.5) is 0 Å². The maximum atomic E-state index is 6.05. The first kappa shape index (κ1) is 14.9. The Hall–Kier alpha value is -2.65. The summed E-state index contributed by atoms with van der Waals surface area (Å²) in [5, 5.41) is 1.12. The van der Waals surface area contributed by atoms with Gasteiger partial charge in [-0.25, -0.2) is 4.98 Å². The molecule has 24 heavy (non-hydrogen) atoms. The summed E-state index contributed by atoms with van der Waals surface area (Å²) in [5.74, 6) is 0.788. The number of rotatable bonds is 3. The second-order valence-electron chi connectivity index (χ2n) is 5.87. The largest absolute Gasteiger partial charge is 0.460 e. The number of pyridine rings is 1. The van der Waals surface area contributed by atoms with Crippen molar-refractivity contribution in [2.75, 3.05) is 7.11 Å². The van der Waals surface area contributed by atoms with Gasteiger partial charge in [-0.15, -0.1) is 0 Å². The number of benzene rings is 2. The zero-order chi connectivity index (χ0) is 16.5. The van der Waals surface area contributed by atoms with E-state index in [1.54, 1.807) is 7.11 Å². The van der Waals surface area contributed by atoms with Crippen molar-refractivity contribution in [3.8, 4) is 0 Å². The van der Waals surface area contributed by atoms with Crippen LogP contribution in [0.3, 0.4) is 0 Å². The van der Waals surface area contributed by atoms with Gasteiger partial charge < -0.3 is 9.47 Å². The SMILES string of the molecule is CCc1cccc2cc3c(nc12)C=C(c1ccccc1)OC3OC. The Morgan fingerprint density at radius 2 is 1.92 bits per heavy atom. The molecule has 0 amide bonds. The first-order valence-electron chi connectivity index (χ1n) is 8.19. The highest BCUT2D eigenvalue weighted by Crippen LogP contribution is 2.37. The smallest absolute Gasteiger partial charge is 0.228 e. The van der Waals surface area contributed by atoms with E-state index in [4.69, 9.17) is 14.5 Å². The third-order valence-electron chi connectivity index (χ3n) is 4.40. The van der Waals surface area contributed by atoms with Gasteiger partial charge >= 0.3 is 0 Å². The van der Waals surface area contributed by atoms with Gasteiger partial charge in [0.15, 0.2) is 0 Å². The molecule has 3 aromatic rings. The number of hydrogen-bond acceptors (Lipinski definition) is 3. The molecule has 3 heteroatoms. The molecule has 0 saturated carbocycles. The van der Waals surface area contributed by atoms with Crippen LogP contribution in [-0.2, 0) is 15.9 Å². The van der Waals surface area contributed by atoms with Crippen molar-refractivity contribution < 1.29 is 9.47 Å². The molecule has 1 aromatic heterocycles. The van der Waals surface area contributed by atoms with Gasteiger partial charge in [-0.2, -0.15) is 0 Å². The molecule has 1 atom stereocenters. The zero-order valence-electron chi connectivity index (χ0n) is 13.8. The monoisotopic (exact) mass is 317 g/mol. The summed E-state index contributed by atoms with van der Waals surface area (Å²) in [7, 11) is 1.66. The number of aromatic nitrogens is 1. The normalized spacial score (nSPS) is 16.4. The Labute approximate surface area is 141 Å². The van der Waals surface area contributed by atoms with Crippen molar-refractivity contribution in [1.29, 1.82) is 0 Å². The van der Waals surface area contributed by atoms with Crippen LogP contribution in [0.2, 0.25) is 0 Å². The van der Waals surface area contributed by atoms with E-state index in [2.05, 4.69) is 31.2 Å². The molecule has 0 bridgehead atoms. The predicted molar refractivity (Wildman–Crippen MR) is 96.3 cm³/mol. The van der Waals surface area contributed by atoms with Crippen LogP contribution < -0.4 is 0 Å². The van der Waals surface area contributed by atoms with Gasteiger partial charge in [0.25, 0.3) is 0 Å². The summed E-state index contributed by atoms with van der Waals surface area (Å²) in [6.07, 6.45) is 2.52. The summed E-state index contributed by atoms with van der Waals surface area (Å²) in [6.45, 7) is 2.15. The van der Waals surface area contributed by atoms with E-state index in [0.29, 0.717) is 0 Å². The van der Waals surface area contributed by atoms with Gasteiger partial charge in [-0.05, 0) is 18.1 Å². The molecule has 2 aromatic carbocycles. The summed E-state index contributed by atoms with van der Waals surface area (Å²) in [4.78, 5) is 4.92. The predicted octanol–water partition coefficient (Wildman–Crippen LogP) is 4.97. The van der Waals surface area contributed by atoms with Gasteiger partial charge in [-0.3, -0.25) is 0 Å². The van der Waals surface area contributed by atoms with Gasteiger partial charge in [0.05, 0.1) is 11.2 Å². The van der Waals surface area contributed by atoms with Gasteiger partial charge in [0.1, 0.15) is 5.76 Å². The lowest BCUT2D eigenvalue weighted by molar-refractivity contribution is -0.0767. The van der Waals surface area contributed by atoms with Crippen LogP contribution in [0, 0.1) is 0 Å². The van der Waals surface area contributed by atoms with E-state index >= 15 is 0 Å². The van der Waals surface area contributed by atoms with Crippen LogP contribution in [0.25, 0.3) is 22.7 Å². The first-order valence-corrected chi connectivity index (χ1v) is 8.19. The Morgan fingerprint density at radius 3 is 2.67 bits per heavy atom. The standard InChI is InChI=1S/C21H19NO2/c1-3-14-10-7-11-16-12-17-18(22-20(14)16)13-19(24-21(17)23-2)15-8-5-4-6-9-15/h4-13,21H,3H2,1-2H3. The summed E-state index contributed by atoms with van der Waals surface area (Å²) in [6, 6.07) is 18.5. The van der Waals surface area contributed by atoms with Crippen LogP contribution in [0.15, 0.2) is 54.6 Å². The lowest BCUT2D eigenvalue weighted by Gasteiger charge is -2.26. The Morgan fingerprint density at radius 1 is 1.08 bits per heavy atom. The van der Waals surface area contributed by atoms with Crippen LogP contribution in [0.1, 0.15) is 35.6 Å². The average Bonchev–Trinajstić information content (AvgIpc) is 2.65. The first-order chi connectivity index (χ1) is 11.8. The number of para-hydroxylation sites is 1. The van der Waals surface area contributed by atoms with Crippen LogP contribution >= 0.6 is 0 Å². The third kappa shape index (κ3) is 2.47. The molecule has 0 aliphatic carbocycles. The minimum Gasteiger partial charge on any atom is -0.460 e. The second-order valence-corrected chi connectivity index (χ2v) is 5.87. The van der Waals surface area contributed by atoms with Crippen LogP contribution in [-0.4, -0.2) is 12.1 Å². The second kappa shape index (κ2) is 6.10. The molecule has 1 unspecified atom stereocenters. The van der Waals surface area contributed by atoms with Crippen molar-refractivity contribution in [3.63, 3.8) is 0 Å². The van der Waals surface area contributed by atoms with E-state index in [0.717, 1.165) is 39.9 Å². The quantitative estimate of drug-likeness (QED) is 0.683. The molecule has 120 valence electrons. The molecule has 0 saturated heterocycles. The summed E-state index contributed by atoms with van der Waals surface area (Å²) < 4.78 is 11.6. The highest BCUT2D eigenvalue weighted by molar-refractivity contribution is 5.87. The van der Waals surface area contributed by atoms with Crippen molar-refractivity contribution >= 4 is 22.7 Å². The molecule has 0 spiro atoms. The molecule has 0 fully saturated rings. The number of ether oxygens (including phenoxy) is 2.